The number of fused-ring (bicyclic) bond motifs is 1. The molecule has 0 radical (unpaired) electrons. The molecule has 1 fully saturated rings. The molecule has 13 heteroatoms. The van der Waals surface area contributed by atoms with Crippen molar-refractivity contribution >= 4 is 28.6 Å². The number of aromatic amines is 1. The van der Waals surface area contributed by atoms with Crippen LogP contribution in [0.1, 0.15) is 31.7 Å². The molecule has 1 aliphatic rings. The Hall–Kier alpha value is -3.92. The van der Waals surface area contributed by atoms with Crippen molar-refractivity contribution in [3.8, 4) is 17.3 Å². The first-order chi connectivity index (χ1) is 17.1. The highest BCUT2D eigenvalue weighted by Gasteiger charge is 2.32. The first kappa shape index (κ1) is 25.2. The third kappa shape index (κ3) is 5.18. The Balaban J connectivity index is 1.48. The van der Waals surface area contributed by atoms with Gasteiger partial charge in [0.2, 0.25) is 11.9 Å². The Kier molecular flexibility index (Phi) is 6.98. The van der Waals surface area contributed by atoms with Gasteiger partial charge in [0.25, 0.3) is 0 Å². The van der Waals surface area contributed by atoms with Gasteiger partial charge in [-0.2, -0.15) is 18.4 Å². The number of H-pyrrole nitrogens is 1. The minimum absolute atomic E-state index is 0.0163. The van der Waals surface area contributed by atoms with Crippen LogP contribution >= 0.6 is 0 Å². The van der Waals surface area contributed by atoms with E-state index >= 15 is 0 Å². The number of halogens is 3. The maximum atomic E-state index is 13.2. The molecule has 1 amide bonds. The number of alkyl halides is 3. The second-order valence-electron chi connectivity index (χ2n) is 8.88. The van der Waals surface area contributed by atoms with Crippen LogP contribution in [0.3, 0.4) is 0 Å². The van der Waals surface area contributed by atoms with Gasteiger partial charge in [0.05, 0.1) is 36.0 Å². The van der Waals surface area contributed by atoms with E-state index in [1.165, 1.54) is 12.4 Å². The van der Waals surface area contributed by atoms with Crippen LogP contribution in [0.15, 0.2) is 24.7 Å². The van der Waals surface area contributed by atoms with E-state index < -0.39 is 17.8 Å². The summed E-state index contributed by atoms with van der Waals surface area (Å²) in [5.41, 5.74) is 12.2. The highest BCUT2D eigenvalue weighted by Crippen LogP contribution is 2.35. The summed E-state index contributed by atoms with van der Waals surface area (Å²) in [4.78, 5) is 29.5. The zero-order chi connectivity index (χ0) is 26.0. The van der Waals surface area contributed by atoms with Crippen LogP contribution < -0.4 is 16.8 Å². The topological polar surface area (TPSA) is 163 Å². The second kappa shape index (κ2) is 9.98. The number of carbonyl (C=O) groups excluding carboxylic acids is 1. The van der Waals surface area contributed by atoms with Crippen LogP contribution in [0, 0.1) is 17.2 Å². The number of rotatable bonds is 6. The predicted octanol–water partition coefficient (Wildman–Crippen LogP) is 2.90. The van der Waals surface area contributed by atoms with E-state index in [4.69, 9.17) is 16.7 Å². The molecule has 4 heterocycles. The largest absolute Gasteiger partial charge is 0.417 e. The number of anilines is 2. The number of nitrogens with one attached hydrogen (secondary N) is 2. The van der Waals surface area contributed by atoms with Gasteiger partial charge in [0, 0.05) is 42.5 Å². The summed E-state index contributed by atoms with van der Waals surface area (Å²) in [5.74, 6) is 0.289. The van der Waals surface area contributed by atoms with Gasteiger partial charge in [-0.3, -0.25) is 4.79 Å². The van der Waals surface area contributed by atoms with Crippen molar-refractivity contribution in [2.75, 3.05) is 24.1 Å². The van der Waals surface area contributed by atoms with Crippen LogP contribution in [0.2, 0.25) is 0 Å². The minimum atomic E-state index is -4.53. The lowest BCUT2D eigenvalue weighted by atomic mass is 9.90. The second-order valence-corrected chi connectivity index (χ2v) is 8.88. The molecule has 0 aromatic carbocycles. The van der Waals surface area contributed by atoms with Gasteiger partial charge < -0.3 is 26.7 Å². The molecule has 36 heavy (non-hydrogen) atoms. The minimum Gasteiger partial charge on any atom is -0.396 e. The molecule has 4 rings (SSSR count). The maximum absolute atomic E-state index is 13.2. The molecule has 1 saturated heterocycles. The third-order valence-corrected chi connectivity index (χ3v) is 6.47. The Morgan fingerprint density at radius 2 is 2.06 bits per heavy atom. The molecule has 2 atom stereocenters. The Morgan fingerprint density at radius 3 is 2.72 bits per heavy atom. The van der Waals surface area contributed by atoms with E-state index in [-0.39, 0.29) is 47.0 Å². The van der Waals surface area contributed by atoms with Gasteiger partial charge in [0.1, 0.15) is 11.3 Å². The van der Waals surface area contributed by atoms with Gasteiger partial charge in [-0.15, -0.1) is 0 Å². The molecule has 0 aliphatic carbocycles. The lowest BCUT2D eigenvalue weighted by Gasteiger charge is -2.36. The van der Waals surface area contributed by atoms with Crippen molar-refractivity contribution in [2.24, 2.45) is 11.7 Å². The van der Waals surface area contributed by atoms with Crippen LogP contribution in [0.4, 0.5) is 24.8 Å². The summed E-state index contributed by atoms with van der Waals surface area (Å²) in [7, 11) is 0. The summed E-state index contributed by atoms with van der Waals surface area (Å²) < 4.78 is 39.6. The smallest absolute Gasteiger partial charge is 0.396 e. The maximum Gasteiger partial charge on any atom is 0.417 e. The van der Waals surface area contributed by atoms with Crippen LogP contribution in [-0.2, 0) is 11.0 Å². The predicted molar refractivity (Wildman–Crippen MR) is 127 cm³/mol. The average molecular weight is 502 g/mol. The number of hydrogen-bond donors (Lipinski definition) is 4. The Morgan fingerprint density at radius 1 is 1.33 bits per heavy atom. The SMILES string of the molecule is C[C@@H](Nc1ncc(N)c(-c2c[nH]c3ncc(C(F)(F)F)cc23)n1)C1CCN(C(=O)[C@H](N)CC#N)CC1. The number of nitrogens with two attached hydrogens (primary N) is 2. The van der Waals surface area contributed by atoms with E-state index in [1.54, 1.807) is 4.90 Å². The van der Waals surface area contributed by atoms with Crippen molar-refractivity contribution in [1.82, 2.24) is 24.8 Å². The average Bonchev–Trinajstić information content (AvgIpc) is 3.27. The van der Waals surface area contributed by atoms with Crippen molar-refractivity contribution in [3.63, 3.8) is 0 Å². The summed E-state index contributed by atoms with van der Waals surface area (Å²) in [6.07, 6.45) is 0.623. The molecule has 0 saturated carbocycles. The number of pyridine rings is 1. The number of carbonyl (C=O) groups is 1. The number of nitrogen functional groups attached to an aromatic ring is 1. The third-order valence-electron chi connectivity index (χ3n) is 6.47. The van der Waals surface area contributed by atoms with E-state index in [0.717, 1.165) is 25.1 Å². The van der Waals surface area contributed by atoms with Gasteiger partial charge in [-0.25, -0.2) is 15.0 Å². The number of nitrogens with zero attached hydrogens (tertiary/aromatic N) is 5. The van der Waals surface area contributed by atoms with Crippen LogP contribution in [0.5, 0.6) is 0 Å². The van der Waals surface area contributed by atoms with E-state index in [1.807, 2.05) is 13.0 Å². The Bertz CT molecular complexity index is 1290. The normalized spacial score (nSPS) is 16.5. The fraction of sp³-hybridized carbons (Fsp3) is 0.435. The lowest BCUT2D eigenvalue weighted by Crippen LogP contribution is -2.48. The molecule has 190 valence electrons. The molecule has 3 aromatic heterocycles. The number of likely N-dealkylation sites (tertiary alicyclic amines) is 1. The molecular formula is C23H26F3N9O. The quantitative estimate of drug-likeness (QED) is 0.401. The highest BCUT2D eigenvalue weighted by molar-refractivity contribution is 5.95. The van der Waals surface area contributed by atoms with Gasteiger partial charge >= 0.3 is 6.18 Å². The molecule has 10 nitrogen and oxygen atoms in total. The fourth-order valence-corrected chi connectivity index (χ4v) is 4.39. The standard InChI is InChI=1S/C23H26F3N9O/c1-12(13-3-6-35(7-4-13)21(36)17(28)2-5-27)33-22-32-11-18(29)19(34-22)16-10-31-20-15(16)8-14(9-30-20)23(24,25)26/h8-13,17H,2-4,6-7,28-29H2,1H3,(H,30,31)(H,32,33,34)/t12-,17-/m1/s1. The molecule has 0 spiro atoms. The van der Waals surface area contributed by atoms with E-state index in [2.05, 4.69) is 25.3 Å². The van der Waals surface area contributed by atoms with Crippen molar-refractivity contribution in [2.45, 2.75) is 44.4 Å². The summed E-state index contributed by atoms with van der Waals surface area (Å²) >= 11 is 0. The zero-order valence-electron chi connectivity index (χ0n) is 19.5. The zero-order valence-corrected chi connectivity index (χ0v) is 19.5. The monoisotopic (exact) mass is 501 g/mol. The number of aromatic nitrogens is 4. The number of amides is 1. The number of hydrogen-bond acceptors (Lipinski definition) is 8. The summed E-state index contributed by atoms with van der Waals surface area (Å²) in [5, 5.41) is 12.3. The molecule has 0 bridgehead atoms. The summed E-state index contributed by atoms with van der Waals surface area (Å²) in [6.45, 7) is 3.05. The van der Waals surface area contributed by atoms with Crippen molar-refractivity contribution in [1.29, 1.82) is 5.26 Å². The van der Waals surface area contributed by atoms with Crippen LogP contribution in [-0.4, -0.2) is 55.9 Å². The highest BCUT2D eigenvalue weighted by atomic mass is 19.4. The van der Waals surface area contributed by atoms with Crippen molar-refractivity contribution < 1.29 is 18.0 Å². The van der Waals surface area contributed by atoms with Gasteiger partial charge in [-0.05, 0) is 31.7 Å². The molecule has 0 unspecified atom stereocenters. The molecule has 3 aromatic rings. The Labute approximate surface area is 204 Å². The van der Waals surface area contributed by atoms with Crippen LogP contribution in [0.25, 0.3) is 22.3 Å². The molecular weight excluding hydrogens is 475 g/mol. The molecule has 6 N–H and O–H groups in total. The number of piperidine rings is 1. The first-order valence-electron chi connectivity index (χ1n) is 11.4. The summed E-state index contributed by atoms with van der Waals surface area (Å²) in [6, 6.07) is 2.08. The van der Waals surface area contributed by atoms with Crippen molar-refractivity contribution in [3.05, 3.63) is 30.2 Å². The fourth-order valence-electron chi connectivity index (χ4n) is 4.39. The number of nitriles is 1. The van der Waals surface area contributed by atoms with E-state index in [0.29, 0.717) is 24.3 Å². The first-order valence-corrected chi connectivity index (χ1v) is 11.4. The van der Waals surface area contributed by atoms with Gasteiger partial charge in [-0.1, -0.05) is 0 Å². The lowest BCUT2D eigenvalue weighted by molar-refractivity contribution is -0.137. The van der Waals surface area contributed by atoms with Gasteiger partial charge in [0.15, 0.2) is 0 Å². The van der Waals surface area contributed by atoms with E-state index in [9.17, 15) is 18.0 Å². The molecule has 1 aliphatic heterocycles.